The summed E-state index contributed by atoms with van der Waals surface area (Å²) in [5.74, 6) is 1.02. The summed E-state index contributed by atoms with van der Waals surface area (Å²) in [7, 11) is 0. The Kier molecular flexibility index (Phi) is 9.17. The van der Waals surface area contributed by atoms with E-state index in [0.717, 1.165) is 31.9 Å². The molecule has 0 saturated heterocycles. The van der Waals surface area contributed by atoms with Gasteiger partial charge in [-0.1, -0.05) is 114 Å². The van der Waals surface area contributed by atoms with Gasteiger partial charge in [0.25, 0.3) is 0 Å². The Hall–Kier alpha value is -2.32. The van der Waals surface area contributed by atoms with Crippen LogP contribution in [0.5, 0.6) is 5.75 Å². The van der Waals surface area contributed by atoms with Crippen molar-refractivity contribution < 1.29 is 4.74 Å². The maximum Gasteiger partial charge on any atom is 0.124 e. The molecule has 0 aliphatic carbocycles. The van der Waals surface area contributed by atoms with Gasteiger partial charge in [0.15, 0.2) is 0 Å². The second kappa shape index (κ2) is 12.1. The van der Waals surface area contributed by atoms with Gasteiger partial charge in [-0.15, -0.1) is 0 Å². The quantitative estimate of drug-likeness (QED) is 0.292. The number of benzene rings is 3. The summed E-state index contributed by atoms with van der Waals surface area (Å²) in [6.45, 7) is 11.5. The lowest BCUT2D eigenvalue weighted by Crippen LogP contribution is -2.15. The third-order valence-electron chi connectivity index (χ3n) is 6.20. The van der Waals surface area contributed by atoms with Crippen LogP contribution in [0.25, 0.3) is 10.8 Å². The van der Waals surface area contributed by atoms with Crippen LogP contribution >= 0.6 is 0 Å². The third-order valence-corrected chi connectivity index (χ3v) is 6.20. The Morgan fingerprint density at radius 3 is 2.22 bits per heavy atom. The van der Waals surface area contributed by atoms with Crippen LogP contribution in [0, 0.1) is 0 Å². The highest BCUT2D eigenvalue weighted by atomic mass is 16.5. The number of unbranched alkanes of at least 4 members (excludes halogenated alkanes) is 5. The number of ether oxygens (including phenoxy) is 1. The monoisotopic (exact) mass is 431 g/mol. The molecule has 0 saturated carbocycles. The Labute approximate surface area is 195 Å². The van der Waals surface area contributed by atoms with Crippen molar-refractivity contribution >= 4 is 10.8 Å². The van der Waals surface area contributed by atoms with Crippen molar-refractivity contribution in [2.45, 2.75) is 84.7 Å². The first kappa shape index (κ1) is 24.3. The summed E-state index contributed by atoms with van der Waals surface area (Å²) in [6, 6.07) is 21.9. The van der Waals surface area contributed by atoms with E-state index in [2.05, 4.69) is 93.7 Å². The largest absolute Gasteiger partial charge is 0.493 e. The first-order valence-electron chi connectivity index (χ1n) is 12.4. The number of hydrogen-bond donors (Lipinski definition) is 1. The minimum atomic E-state index is 0.192. The van der Waals surface area contributed by atoms with Crippen molar-refractivity contribution in [1.82, 2.24) is 5.32 Å². The highest BCUT2D eigenvalue weighted by molar-refractivity contribution is 5.87. The highest BCUT2D eigenvalue weighted by Crippen LogP contribution is 2.29. The summed E-state index contributed by atoms with van der Waals surface area (Å²) >= 11 is 0. The molecule has 0 spiro atoms. The fraction of sp³-hybridized carbons (Fsp3) is 0.467. The predicted octanol–water partition coefficient (Wildman–Crippen LogP) is 8.17. The van der Waals surface area contributed by atoms with Gasteiger partial charge >= 0.3 is 0 Å². The second-order valence-electron chi connectivity index (χ2n) is 9.93. The van der Waals surface area contributed by atoms with Crippen LogP contribution in [0.3, 0.4) is 0 Å². The van der Waals surface area contributed by atoms with Crippen molar-refractivity contribution in [3.8, 4) is 5.75 Å². The maximum atomic E-state index is 6.27. The van der Waals surface area contributed by atoms with Crippen LogP contribution in [0.1, 0.15) is 82.9 Å². The Bertz CT molecular complexity index is 953. The Morgan fingerprint density at radius 1 is 0.750 bits per heavy atom. The fourth-order valence-corrected chi connectivity index (χ4v) is 4.15. The lowest BCUT2D eigenvalue weighted by Gasteiger charge is -2.19. The lowest BCUT2D eigenvalue weighted by molar-refractivity contribution is 0.301. The smallest absolute Gasteiger partial charge is 0.124 e. The molecule has 2 nitrogen and oxygen atoms in total. The third kappa shape index (κ3) is 7.10. The van der Waals surface area contributed by atoms with E-state index in [-0.39, 0.29) is 5.41 Å². The van der Waals surface area contributed by atoms with Gasteiger partial charge in [-0.05, 0) is 39.8 Å². The molecule has 0 aliphatic heterocycles. The van der Waals surface area contributed by atoms with E-state index in [1.807, 2.05) is 0 Å². The predicted molar refractivity (Wildman–Crippen MR) is 139 cm³/mol. The molecule has 0 radical (unpaired) electrons. The van der Waals surface area contributed by atoms with Gasteiger partial charge < -0.3 is 10.1 Å². The summed E-state index contributed by atoms with van der Waals surface area (Å²) < 4.78 is 6.27. The number of rotatable bonds is 12. The number of nitrogens with one attached hydrogen (secondary N) is 1. The van der Waals surface area contributed by atoms with Crippen molar-refractivity contribution in [2.75, 3.05) is 6.61 Å². The van der Waals surface area contributed by atoms with Gasteiger partial charge in [-0.3, -0.25) is 0 Å². The molecule has 0 amide bonds. The van der Waals surface area contributed by atoms with E-state index in [0.29, 0.717) is 0 Å². The van der Waals surface area contributed by atoms with Gasteiger partial charge in [0.05, 0.1) is 6.61 Å². The summed E-state index contributed by atoms with van der Waals surface area (Å²) in [6.07, 6.45) is 7.69. The molecule has 0 fully saturated rings. The average Bonchev–Trinajstić information content (AvgIpc) is 2.79. The molecule has 3 aromatic rings. The van der Waals surface area contributed by atoms with Crippen LogP contribution in [-0.4, -0.2) is 6.61 Å². The lowest BCUT2D eigenvalue weighted by atomic mass is 9.87. The molecule has 0 heterocycles. The molecule has 32 heavy (non-hydrogen) atoms. The van der Waals surface area contributed by atoms with Crippen LogP contribution in [0.4, 0.5) is 0 Å². The molecular formula is C30H41NO. The first-order valence-corrected chi connectivity index (χ1v) is 12.4. The molecule has 0 unspecified atom stereocenters. The van der Waals surface area contributed by atoms with E-state index in [9.17, 15) is 0 Å². The van der Waals surface area contributed by atoms with E-state index >= 15 is 0 Å². The summed E-state index contributed by atoms with van der Waals surface area (Å²) in [4.78, 5) is 0. The van der Waals surface area contributed by atoms with Gasteiger partial charge in [0.2, 0.25) is 0 Å². The SMILES string of the molecule is CCCCCCCCOc1ccc2ccccc2c1CNCc1ccc(C(C)(C)C)cc1. The van der Waals surface area contributed by atoms with Crippen molar-refractivity contribution in [1.29, 1.82) is 0 Å². The molecule has 0 aliphatic rings. The first-order chi connectivity index (χ1) is 15.5. The average molecular weight is 432 g/mol. The van der Waals surface area contributed by atoms with E-state index < -0.39 is 0 Å². The van der Waals surface area contributed by atoms with Crippen LogP contribution in [0.15, 0.2) is 60.7 Å². The second-order valence-corrected chi connectivity index (χ2v) is 9.93. The van der Waals surface area contributed by atoms with Gasteiger partial charge in [0.1, 0.15) is 5.75 Å². The minimum Gasteiger partial charge on any atom is -0.493 e. The Balaban J connectivity index is 1.61. The highest BCUT2D eigenvalue weighted by Gasteiger charge is 2.13. The zero-order chi connectivity index (χ0) is 22.8. The molecular weight excluding hydrogens is 390 g/mol. The summed E-state index contributed by atoms with van der Waals surface area (Å²) in [5, 5.41) is 6.20. The number of fused-ring (bicyclic) bond motifs is 1. The Morgan fingerprint density at radius 2 is 1.47 bits per heavy atom. The molecule has 3 aromatic carbocycles. The molecule has 1 N–H and O–H groups in total. The number of hydrogen-bond acceptors (Lipinski definition) is 2. The van der Waals surface area contributed by atoms with Gasteiger partial charge in [-0.2, -0.15) is 0 Å². The zero-order valence-corrected chi connectivity index (χ0v) is 20.5. The van der Waals surface area contributed by atoms with Crippen molar-refractivity contribution in [3.63, 3.8) is 0 Å². The van der Waals surface area contributed by atoms with Crippen LogP contribution in [-0.2, 0) is 18.5 Å². The maximum absolute atomic E-state index is 6.27. The minimum absolute atomic E-state index is 0.192. The summed E-state index contributed by atoms with van der Waals surface area (Å²) in [5.41, 5.74) is 4.14. The van der Waals surface area contributed by atoms with Crippen LogP contribution < -0.4 is 10.1 Å². The molecule has 0 bridgehead atoms. The van der Waals surface area contributed by atoms with Crippen molar-refractivity contribution in [3.05, 3.63) is 77.4 Å². The van der Waals surface area contributed by atoms with Crippen LogP contribution in [0.2, 0.25) is 0 Å². The molecule has 0 atom stereocenters. The molecule has 172 valence electrons. The van der Waals surface area contributed by atoms with Crippen molar-refractivity contribution in [2.24, 2.45) is 0 Å². The normalized spacial score (nSPS) is 11.8. The zero-order valence-electron chi connectivity index (χ0n) is 20.5. The standard InChI is InChI=1S/C30H41NO/c1-5-6-7-8-9-12-21-32-29-20-17-25-13-10-11-14-27(25)28(29)23-31-22-24-15-18-26(19-16-24)30(2,3)4/h10-11,13-20,31H,5-9,12,21-23H2,1-4H3. The molecule has 0 aromatic heterocycles. The topological polar surface area (TPSA) is 21.3 Å². The molecule has 3 rings (SSSR count). The van der Waals surface area contributed by atoms with E-state index in [1.54, 1.807) is 0 Å². The van der Waals surface area contributed by atoms with Gasteiger partial charge in [-0.25, -0.2) is 0 Å². The van der Waals surface area contributed by atoms with Gasteiger partial charge in [0, 0.05) is 18.7 Å². The molecule has 2 heteroatoms. The van der Waals surface area contributed by atoms with E-state index in [1.165, 1.54) is 59.6 Å². The van der Waals surface area contributed by atoms with E-state index in [4.69, 9.17) is 4.74 Å². The fourth-order valence-electron chi connectivity index (χ4n) is 4.15.